The van der Waals surface area contributed by atoms with E-state index in [9.17, 15) is 22.8 Å². The molecule has 1 fully saturated rings. The number of pyridine rings is 1. The van der Waals surface area contributed by atoms with Crippen LogP contribution in [0.4, 0.5) is 13.2 Å². The molecule has 8 nitrogen and oxygen atoms in total. The first-order valence-electron chi connectivity index (χ1n) is 11.4. The van der Waals surface area contributed by atoms with Crippen LogP contribution in [0.2, 0.25) is 0 Å². The highest BCUT2D eigenvalue weighted by molar-refractivity contribution is 5.76. The van der Waals surface area contributed by atoms with E-state index in [2.05, 4.69) is 15.0 Å². The molecule has 186 valence electrons. The number of aryl methyl sites for hydroxylation is 2. The summed E-state index contributed by atoms with van der Waals surface area (Å²) in [5, 5.41) is 4.04. The number of nitrogens with zero attached hydrogens (tertiary/aromatic N) is 5. The van der Waals surface area contributed by atoms with Gasteiger partial charge in [0.2, 0.25) is 17.6 Å². The van der Waals surface area contributed by atoms with Gasteiger partial charge in [0.1, 0.15) is 12.1 Å². The molecule has 35 heavy (non-hydrogen) atoms. The van der Waals surface area contributed by atoms with E-state index in [0.717, 1.165) is 40.8 Å². The Morgan fingerprint density at radius 2 is 1.80 bits per heavy atom. The van der Waals surface area contributed by atoms with E-state index in [0.29, 0.717) is 44.3 Å². The Bertz CT molecular complexity index is 1210. The Morgan fingerprint density at radius 3 is 2.49 bits per heavy atom. The summed E-state index contributed by atoms with van der Waals surface area (Å²) >= 11 is 0. The predicted molar refractivity (Wildman–Crippen MR) is 122 cm³/mol. The van der Waals surface area contributed by atoms with Crippen molar-refractivity contribution in [3.8, 4) is 11.4 Å². The van der Waals surface area contributed by atoms with Crippen LogP contribution in [0.15, 0.2) is 51.9 Å². The predicted octanol–water partition coefficient (Wildman–Crippen LogP) is 3.00. The second-order valence-electron chi connectivity index (χ2n) is 8.56. The number of carbonyl (C=O) groups is 1. The number of alkyl halides is 3. The first kappa shape index (κ1) is 24.6. The summed E-state index contributed by atoms with van der Waals surface area (Å²) in [6.07, 6.45) is -2.11. The molecule has 0 unspecified atom stereocenters. The summed E-state index contributed by atoms with van der Waals surface area (Å²) in [5.41, 5.74) is -0.425. The number of piperazine rings is 1. The zero-order chi connectivity index (χ0) is 25.0. The van der Waals surface area contributed by atoms with Crippen LogP contribution in [-0.4, -0.2) is 63.1 Å². The van der Waals surface area contributed by atoms with Crippen molar-refractivity contribution in [2.24, 2.45) is 0 Å². The van der Waals surface area contributed by atoms with Crippen LogP contribution in [0.5, 0.6) is 0 Å². The van der Waals surface area contributed by atoms with Crippen molar-refractivity contribution in [3.63, 3.8) is 0 Å². The summed E-state index contributed by atoms with van der Waals surface area (Å²) in [6.45, 7) is 4.57. The topological polar surface area (TPSA) is 84.5 Å². The zero-order valence-corrected chi connectivity index (χ0v) is 19.3. The van der Waals surface area contributed by atoms with Gasteiger partial charge in [-0.15, -0.1) is 0 Å². The molecular weight excluding hydrogens is 463 g/mol. The van der Waals surface area contributed by atoms with Gasteiger partial charge in [0.15, 0.2) is 0 Å². The van der Waals surface area contributed by atoms with Gasteiger partial charge in [-0.25, -0.2) is 0 Å². The smallest absolute Gasteiger partial charge is 0.339 e. The van der Waals surface area contributed by atoms with Crippen molar-refractivity contribution >= 4 is 5.91 Å². The second-order valence-corrected chi connectivity index (χ2v) is 8.56. The standard InChI is InChI=1S/C24H26F3N5O3/c1-17-6-8-18(9-7-17)22-28-20(35-29-22)5-3-10-30-12-14-31(15-13-30)21(33)16-32-11-2-4-19(23(32)34)24(25,26)27/h2,4,6-9,11H,3,5,10,12-16H2,1H3. The van der Waals surface area contributed by atoms with Gasteiger partial charge in [0.05, 0.1) is 0 Å². The highest BCUT2D eigenvalue weighted by Gasteiger charge is 2.34. The maximum absolute atomic E-state index is 12.9. The number of amides is 1. The van der Waals surface area contributed by atoms with Gasteiger partial charge in [0.25, 0.3) is 5.56 Å². The number of halogens is 3. The number of rotatable bonds is 7. The number of hydrogen-bond donors (Lipinski definition) is 0. The largest absolute Gasteiger partial charge is 0.421 e. The monoisotopic (exact) mass is 489 g/mol. The Labute approximate surface area is 200 Å². The normalized spacial score (nSPS) is 14.9. The van der Waals surface area contributed by atoms with E-state index in [1.54, 1.807) is 4.90 Å². The molecular formula is C24H26F3N5O3. The number of benzene rings is 1. The van der Waals surface area contributed by atoms with Crippen LogP contribution in [-0.2, 0) is 23.9 Å². The Balaban J connectivity index is 1.22. The van der Waals surface area contributed by atoms with Crippen LogP contribution in [0, 0.1) is 6.92 Å². The van der Waals surface area contributed by atoms with Gasteiger partial charge in [-0.2, -0.15) is 18.2 Å². The highest BCUT2D eigenvalue weighted by Crippen LogP contribution is 2.26. The van der Waals surface area contributed by atoms with Crippen LogP contribution < -0.4 is 5.56 Å². The molecule has 1 aromatic carbocycles. The lowest BCUT2D eigenvalue weighted by molar-refractivity contribution is -0.140. The molecule has 0 saturated carbocycles. The summed E-state index contributed by atoms with van der Waals surface area (Å²) in [4.78, 5) is 32.9. The molecule has 0 radical (unpaired) electrons. The first-order chi connectivity index (χ1) is 16.7. The van der Waals surface area contributed by atoms with Gasteiger partial charge in [-0.3, -0.25) is 14.5 Å². The SMILES string of the molecule is Cc1ccc(-c2noc(CCCN3CCN(C(=O)Cn4cccc(C(F)(F)F)c4=O)CC3)n2)cc1. The van der Waals surface area contributed by atoms with Crippen molar-refractivity contribution < 1.29 is 22.5 Å². The lowest BCUT2D eigenvalue weighted by Crippen LogP contribution is -2.50. The highest BCUT2D eigenvalue weighted by atomic mass is 19.4. The minimum Gasteiger partial charge on any atom is -0.339 e. The van der Waals surface area contributed by atoms with Crippen LogP contribution in [0.1, 0.15) is 23.4 Å². The molecule has 2 aromatic heterocycles. The van der Waals surface area contributed by atoms with Gasteiger partial charge >= 0.3 is 6.18 Å². The summed E-state index contributed by atoms with van der Waals surface area (Å²) in [5.74, 6) is 0.758. The van der Waals surface area contributed by atoms with Crippen molar-refractivity contribution in [2.75, 3.05) is 32.7 Å². The molecule has 0 atom stereocenters. The van der Waals surface area contributed by atoms with Gasteiger partial charge in [0, 0.05) is 44.4 Å². The maximum atomic E-state index is 12.9. The van der Waals surface area contributed by atoms with Gasteiger partial charge in [-0.1, -0.05) is 35.0 Å². The third-order valence-corrected chi connectivity index (χ3v) is 6.00. The molecule has 4 rings (SSSR count). The Hall–Kier alpha value is -3.47. The molecule has 1 saturated heterocycles. The first-order valence-corrected chi connectivity index (χ1v) is 11.4. The second kappa shape index (κ2) is 10.4. The minimum absolute atomic E-state index is 0.374. The van der Waals surface area contributed by atoms with E-state index in [-0.39, 0.29) is 5.91 Å². The van der Waals surface area contributed by atoms with Crippen LogP contribution in [0.3, 0.4) is 0 Å². The molecule has 0 bridgehead atoms. The Morgan fingerprint density at radius 1 is 1.09 bits per heavy atom. The van der Waals surface area contributed by atoms with Crippen LogP contribution >= 0.6 is 0 Å². The maximum Gasteiger partial charge on any atom is 0.421 e. The lowest BCUT2D eigenvalue weighted by atomic mass is 10.1. The van der Waals surface area contributed by atoms with Crippen molar-refractivity contribution in [1.82, 2.24) is 24.5 Å². The zero-order valence-electron chi connectivity index (χ0n) is 19.3. The van der Waals surface area contributed by atoms with Crippen molar-refractivity contribution in [3.05, 3.63) is 70.0 Å². The fourth-order valence-electron chi connectivity index (χ4n) is 3.97. The van der Waals surface area contributed by atoms with E-state index in [1.165, 1.54) is 6.20 Å². The van der Waals surface area contributed by atoms with Gasteiger partial charge < -0.3 is 14.0 Å². The average molecular weight is 489 g/mol. The molecule has 11 heteroatoms. The molecule has 1 aliphatic heterocycles. The fourth-order valence-corrected chi connectivity index (χ4v) is 3.97. The minimum atomic E-state index is -4.75. The molecule has 0 aliphatic carbocycles. The van der Waals surface area contributed by atoms with Gasteiger partial charge in [-0.05, 0) is 32.0 Å². The van der Waals surface area contributed by atoms with E-state index in [1.807, 2.05) is 31.2 Å². The van der Waals surface area contributed by atoms with E-state index in [4.69, 9.17) is 4.52 Å². The summed E-state index contributed by atoms with van der Waals surface area (Å²) < 4.78 is 45.0. The average Bonchev–Trinajstić information content (AvgIpc) is 3.29. The van der Waals surface area contributed by atoms with E-state index < -0.39 is 23.8 Å². The fraction of sp³-hybridized carbons (Fsp3) is 0.417. The lowest BCUT2D eigenvalue weighted by Gasteiger charge is -2.34. The molecule has 0 N–H and O–H groups in total. The van der Waals surface area contributed by atoms with E-state index >= 15 is 0 Å². The quantitative estimate of drug-likeness (QED) is 0.508. The molecule has 1 aliphatic rings. The van der Waals surface area contributed by atoms with Crippen molar-refractivity contribution in [2.45, 2.75) is 32.5 Å². The Kier molecular flexibility index (Phi) is 7.34. The molecule has 0 spiro atoms. The molecule has 3 heterocycles. The number of aromatic nitrogens is 3. The van der Waals surface area contributed by atoms with Crippen LogP contribution in [0.25, 0.3) is 11.4 Å². The third kappa shape index (κ3) is 6.16. The molecule has 1 amide bonds. The number of hydrogen-bond acceptors (Lipinski definition) is 6. The summed E-state index contributed by atoms with van der Waals surface area (Å²) in [6, 6.07) is 9.74. The third-order valence-electron chi connectivity index (χ3n) is 6.00. The molecule has 3 aromatic rings. The summed E-state index contributed by atoms with van der Waals surface area (Å²) in [7, 11) is 0. The number of carbonyl (C=O) groups excluding carboxylic acids is 1. The van der Waals surface area contributed by atoms with Crippen molar-refractivity contribution in [1.29, 1.82) is 0 Å².